The van der Waals surface area contributed by atoms with Crippen molar-refractivity contribution in [3.8, 4) is 0 Å². The molecule has 0 radical (unpaired) electrons. The van der Waals surface area contributed by atoms with E-state index < -0.39 is 0 Å². The van der Waals surface area contributed by atoms with E-state index in [1.54, 1.807) is 24.3 Å². The Morgan fingerprint density at radius 1 is 1.45 bits per heavy atom. The van der Waals surface area contributed by atoms with Gasteiger partial charge in [-0.2, -0.15) is 0 Å². The quantitative estimate of drug-likeness (QED) is 0.823. The molecule has 5 heteroatoms. The zero-order valence-corrected chi connectivity index (χ0v) is 12.6. The Morgan fingerprint density at radius 3 is 2.90 bits per heavy atom. The van der Waals surface area contributed by atoms with Crippen molar-refractivity contribution in [2.75, 3.05) is 12.3 Å². The number of benzene rings is 1. The zero-order chi connectivity index (χ0) is 13.6. The van der Waals surface area contributed by atoms with E-state index in [1.807, 2.05) is 0 Å². The minimum Gasteiger partial charge on any atom is -0.399 e. The van der Waals surface area contributed by atoms with Crippen LogP contribution in [-0.2, 0) is 4.74 Å². The van der Waals surface area contributed by atoms with Gasteiger partial charge in [-0.15, -0.1) is 12.4 Å². The lowest BCUT2D eigenvalue weighted by molar-refractivity contribution is -0.108. The maximum atomic E-state index is 12.3. The molecule has 1 aromatic rings. The summed E-state index contributed by atoms with van der Waals surface area (Å²) in [5.41, 5.74) is 6.96. The number of nitrogen functional groups attached to an aromatic ring is 1. The third-order valence-corrected chi connectivity index (χ3v) is 4.54. The van der Waals surface area contributed by atoms with Crippen molar-refractivity contribution in [2.24, 2.45) is 11.3 Å². The molecule has 3 N–H and O–H groups in total. The van der Waals surface area contributed by atoms with Gasteiger partial charge in [0.2, 0.25) is 0 Å². The number of nitrogens with two attached hydrogens (primary N) is 1. The maximum absolute atomic E-state index is 12.3. The topological polar surface area (TPSA) is 64.4 Å². The predicted molar refractivity (Wildman–Crippen MR) is 81.0 cm³/mol. The molecular weight excluding hydrogens is 276 g/mol. The summed E-state index contributed by atoms with van der Waals surface area (Å²) in [6.45, 7) is 5.12. The lowest BCUT2D eigenvalue weighted by Gasteiger charge is -2.54. The lowest BCUT2D eigenvalue weighted by Crippen LogP contribution is -2.66. The van der Waals surface area contributed by atoms with Gasteiger partial charge in [-0.25, -0.2) is 0 Å². The first-order chi connectivity index (χ1) is 9.00. The number of carbonyl (C=O) groups excluding carboxylic acids is 1. The molecule has 2 fully saturated rings. The minimum absolute atomic E-state index is 0. The molecule has 1 aliphatic heterocycles. The van der Waals surface area contributed by atoms with Gasteiger partial charge in [0.15, 0.2) is 0 Å². The fourth-order valence-electron chi connectivity index (χ4n) is 3.52. The van der Waals surface area contributed by atoms with E-state index in [1.165, 1.54) is 0 Å². The number of nitrogens with one attached hydrogen (secondary N) is 1. The van der Waals surface area contributed by atoms with Crippen LogP contribution in [-0.4, -0.2) is 24.7 Å². The molecule has 3 rings (SSSR count). The normalized spacial score (nSPS) is 29.8. The van der Waals surface area contributed by atoms with Gasteiger partial charge in [0.25, 0.3) is 5.91 Å². The molecule has 2 aliphatic rings. The molecule has 20 heavy (non-hydrogen) atoms. The number of carbonyl (C=O) groups is 1. The van der Waals surface area contributed by atoms with Crippen LogP contribution in [0, 0.1) is 11.3 Å². The van der Waals surface area contributed by atoms with Gasteiger partial charge in [0.05, 0.1) is 6.10 Å². The Kier molecular flexibility index (Phi) is 3.98. The summed E-state index contributed by atoms with van der Waals surface area (Å²) in [5.74, 6) is 0.413. The van der Waals surface area contributed by atoms with Crippen LogP contribution in [0.1, 0.15) is 30.6 Å². The maximum Gasteiger partial charge on any atom is 0.251 e. The number of hydrogen-bond acceptors (Lipinski definition) is 3. The molecule has 4 nitrogen and oxygen atoms in total. The second-order valence-corrected chi connectivity index (χ2v) is 6.14. The standard InChI is InChI=1S/C15H20N2O2.ClH/c1-15(2)12(11-6-7-19-13(11)15)17-14(18)9-4-3-5-10(16)8-9;/h3-5,8,11-13H,6-7,16H2,1-2H3,(H,17,18);1H. The van der Waals surface area contributed by atoms with Gasteiger partial charge < -0.3 is 15.8 Å². The van der Waals surface area contributed by atoms with E-state index >= 15 is 0 Å². The molecular formula is C15H21ClN2O2. The minimum atomic E-state index is -0.0456. The Labute approximate surface area is 125 Å². The average Bonchev–Trinajstić information content (AvgIpc) is 2.82. The van der Waals surface area contributed by atoms with Crippen LogP contribution in [0.4, 0.5) is 5.69 Å². The highest BCUT2D eigenvalue weighted by atomic mass is 35.5. The van der Waals surface area contributed by atoms with Crippen molar-refractivity contribution in [1.82, 2.24) is 5.32 Å². The fourth-order valence-corrected chi connectivity index (χ4v) is 3.52. The van der Waals surface area contributed by atoms with Gasteiger partial charge in [0, 0.05) is 35.2 Å². The third-order valence-electron chi connectivity index (χ3n) is 4.54. The van der Waals surface area contributed by atoms with E-state index in [4.69, 9.17) is 10.5 Å². The first-order valence-electron chi connectivity index (χ1n) is 6.78. The van der Waals surface area contributed by atoms with Gasteiger partial charge >= 0.3 is 0 Å². The highest BCUT2D eigenvalue weighted by Gasteiger charge is 2.59. The van der Waals surface area contributed by atoms with Crippen LogP contribution in [0.25, 0.3) is 0 Å². The number of fused-ring (bicyclic) bond motifs is 1. The molecule has 1 saturated carbocycles. The molecule has 1 amide bonds. The summed E-state index contributed by atoms with van der Waals surface area (Å²) in [4.78, 5) is 12.3. The van der Waals surface area contributed by atoms with Crippen molar-refractivity contribution in [2.45, 2.75) is 32.4 Å². The van der Waals surface area contributed by atoms with Gasteiger partial charge in [-0.05, 0) is 24.6 Å². The van der Waals surface area contributed by atoms with Gasteiger partial charge in [-0.1, -0.05) is 19.9 Å². The number of amides is 1. The monoisotopic (exact) mass is 296 g/mol. The van der Waals surface area contributed by atoms with Crippen molar-refractivity contribution in [3.63, 3.8) is 0 Å². The van der Waals surface area contributed by atoms with Crippen LogP contribution in [0.5, 0.6) is 0 Å². The van der Waals surface area contributed by atoms with Crippen LogP contribution < -0.4 is 11.1 Å². The molecule has 0 spiro atoms. The molecule has 0 aromatic heterocycles. The van der Waals surface area contributed by atoms with E-state index in [-0.39, 0.29) is 29.8 Å². The first-order valence-corrected chi connectivity index (χ1v) is 6.78. The summed E-state index contributed by atoms with van der Waals surface area (Å²) in [6.07, 6.45) is 1.33. The Balaban J connectivity index is 0.00000147. The number of ether oxygens (including phenoxy) is 1. The molecule has 3 atom stereocenters. The average molecular weight is 297 g/mol. The van der Waals surface area contributed by atoms with E-state index in [2.05, 4.69) is 19.2 Å². The van der Waals surface area contributed by atoms with Crippen molar-refractivity contribution in [3.05, 3.63) is 29.8 Å². The molecule has 1 aliphatic carbocycles. The summed E-state index contributed by atoms with van der Waals surface area (Å²) < 4.78 is 5.73. The second kappa shape index (κ2) is 5.26. The number of anilines is 1. The van der Waals surface area contributed by atoms with Gasteiger partial charge in [0.1, 0.15) is 0 Å². The summed E-state index contributed by atoms with van der Waals surface area (Å²) >= 11 is 0. The van der Waals surface area contributed by atoms with Crippen LogP contribution in [0.3, 0.4) is 0 Å². The van der Waals surface area contributed by atoms with Crippen LogP contribution in [0.15, 0.2) is 24.3 Å². The third kappa shape index (κ3) is 2.27. The van der Waals surface area contributed by atoms with Crippen molar-refractivity contribution < 1.29 is 9.53 Å². The van der Waals surface area contributed by atoms with E-state index in [9.17, 15) is 4.79 Å². The second-order valence-electron chi connectivity index (χ2n) is 6.14. The predicted octanol–water partition coefficient (Wildman–Crippen LogP) is 2.23. The molecule has 1 saturated heterocycles. The summed E-state index contributed by atoms with van der Waals surface area (Å²) in [5, 5.41) is 3.15. The smallest absolute Gasteiger partial charge is 0.251 e. The SMILES string of the molecule is CC1(C)C(NC(=O)c2cccc(N)c2)C2CCOC21.Cl. The van der Waals surface area contributed by atoms with Crippen LogP contribution in [0.2, 0.25) is 0 Å². The first kappa shape index (κ1) is 15.1. The molecule has 1 aromatic carbocycles. The Morgan fingerprint density at radius 2 is 2.20 bits per heavy atom. The largest absolute Gasteiger partial charge is 0.399 e. The fraction of sp³-hybridized carbons (Fsp3) is 0.533. The zero-order valence-electron chi connectivity index (χ0n) is 11.8. The highest BCUT2D eigenvalue weighted by Crippen LogP contribution is 2.52. The Bertz CT molecular complexity index is 518. The van der Waals surface area contributed by atoms with Crippen LogP contribution >= 0.6 is 12.4 Å². The molecule has 0 bridgehead atoms. The van der Waals surface area contributed by atoms with E-state index in [0.717, 1.165) is 13.0 Å². The van der Waals surface area contributed by atoms with Gasteiger partial charge in [-0.3, -0.25) is 4.79 Å². The van der Waals surface area contributed by atoms with Crippen molar-refractivity contribution >= 4 is 24.0 Å². The molecule has 3 unspecified atom stereocenters. The summed E-state index contributed by atoms with van der Waals surface area (Å²) in [6, 6.07) is 7.28. The number of halogens is 1. The van der Waals surface area contributed by atoms with Crippen molar-refractivity contribution in [1.29, 1.82) is 0 Å². The molecule has 110 valence electrons. The Hall–Kier alpha value is -1.26. The number of rotatable bonds is 2. The highest BCUT2D eigenvalue weighted by molar-refractivity contribution is 5.95. The lowest BCUT2D eigenvalue weighted by atomic mass is 9.57. The molecule has 1 heterocycles. The van der Waals surface area contributed by atoms with E-state index in [0.29, 0.717) is 23.3 Å². The number of hydrogen-bond donors (Lipinski definition) is 2. The summed E-state index contributed by atoms with van der Waals surface area (Å²) in [7, 11) is 0.